The van der Waals surface area contributed by atoms with Crippen LogP contribution in [0.4, 0.5) is 4.79 Å². The topological polar surface area (TPSA) is 58.6 Å². The summed E-state index contributed by atoms with van der Waals surface area (Å²) in [6, 6.07) is 6.67. The van der Waals surface area contributed by atoms with Crippen LogP contribution in [0.15, 0.2) is 24.3 Å². The van der Waals surface area contributed by atoms with E-state index in [2.05, 4.69) is 5.32 Å². The number of hydrogen-bond donors (Lipinski definition) is 1. The van der Waals surface area contributed by atoms with E-state index in [4.69, 9.17) is 4.74 Å². The lowest BCUT2D eigenvalue weighted by Crippen LogP contribution is -2.31. The van der Waals surface area contributed by atoms with Gasteiger partial charge in [0.05, 0.1) is 13.7 Å². The maximum Gasteiger partial charge on any atom is 0.325 e. The quantitative estimate of drug-likeness (QED) is 0.838. The number of carbonyl (C=O) groups excluding carboxylic acids is 2. The molecule has 1 fully saturated rings. The Morgan fingerprint density at radius 3 is 2.75 bits per heavy atom. The number of benzene rings is 1. The first-order chi connectivity index (χ1) is 9.51. The Bertz CT molecular complexity index is 514. The molecule has 0 bridgehead atoms. The zero-order valence-electron chi connectivity index (χ0n) is 12.1. The molecule has 3 amide bonds. The van der Waals surface area contributed by atoms with Crippen molar-refractivity contribution < 1.29 is 14.3 Å². The van der Waals surface area contributed by atoms with Crippen molar-refractivity contribution in [2.24, 2.45) is 5.92 Å². The first-order valence-corrected chi connectivity index (χ1v) is 6.76. The van der Waals surface area contributed by atoms with E-state index in [9.17, 15) is 9.59 Å². The van der Waals surface area contributed by atoms with Gasteiger partial charge in [0.2, 0.25) is 0 Å². The van der Waals surface area contributed by atoms with Crippen LogP contribution in [0.2, 0.25) is 0 Å². The molecule has 1 atom stereocenters. The van der Waals surface area contributed by atoms with Gasteiger partial charge in [-0.3, -0.25) is 9.69 Å². The average molecular weight is 276 g/mol. The minimum Gasteiger partial charge on any atom is -0.497 e. The van der Waals surface area contributed by atoms with Crippen LogP contribution >= 0.6 is 0 Å². The molecule has 20 heavy (non-hydrogen) atoms. The normalized spacial score (nSPS) is 18.6. The van der Waals surface area contributed by atoms with Crippen molar-refractivity contribution in [3.63, 3.8) is 0 Å². The highest BCUT2D eigenvalue weighted by atomic mass is 16.5. The number of amides is 3. The Morgan fingerprint density at radius 2 is 2.10 bits per heavy atom. The summed E-state index contributed by atoms with van der Waals surface area (Å²) in [5.74, 6) is 0.931. The highest BCUT2D eigenvalue weighted by Crippen LogP contribution is 2.19. The van der Waals surface area contributed by atoms with E-state index < -0.39 is 6.04 Å². The van der Waals surface area contributed by atoms with Gasteiger partial charge >= 0.3 is 6.03 Å². The first kappa shape index (κ1) is 14.4. The van der Waals surface area contributed by atoms with Gasteiger partial charge in [0.25, 0.3) is 5.91 Å². The monoisotopic (exact) mass is 276 g/mol. The SMILES string of the molecule is COc1cccc(CN2C(=O)NC(CC(C)C)C2=O)c1. The second kappa shape index (κ2) is 5.94. The van der Waals surface area contributed by atoms with Crippen LogP contribution < -0.4 is 10.1 Å². The summed E-state index contributed by atoms with van der Waals surface area (Å²) in [6.45, 7) is 4.34. The largest absolute Gasteiger partial charge is 0.497 e. The van der Waals surface area contributed by atoms with Gasteiger partial charge in [0, 0.05) is 0 Å². The molecule has 5 nitrogen and oxygen atoms in total. The molecule has 0 saturated carbocycles. The van der Waals surface area contributed by atoms with E-state index in [0.29, 0.717) is 18.1 Å². The van der Waals surface area contributed by atoms with Gasteiger partial charge in [0.1, 0.15) is 11.8 Å². The highest BCUT2D eigenvalue weighted by Gasteiger charge is 2.37. The summed E-state index contributed by atoms with van der Waals surface area (Å²) < 4.78 is 5.14. The zero-order valence-corrected chi connectivity index (χ0v) is 12.1. The summed E-state index contributed by atoms with van der Waals surface area (Å²) in [5, 5.41) is 2.74. The molecule has 0 radical (unpaired) electrons. The van der Waals surface area contributed by atoms with Gasteiger partial charge in [-0.1, -0.05) is 26.0 Å². The van der Waals surface area contributed by atoms with Crippen LogP contribution in [0.25, 0.3) is 0 Å². The Morgan fingerprint density at radius 1 is 1.35 bits per heavy atom. The zero-order chi connectivity index (χ0) is 14.7. The predicted octanol–water partition coefficient (Wildman–Crippen LogP) is 2.16. The third kappa shape index (κ3) is 3.10. The van der Waals surface area contributed by atoms with Crippen LogP contribution in [0.5, 0.6) is 5.75 Å². The molecule has 1 aliphatic heterocycles. The molecule has 108 valence electrons. The number of rotatable bonds is 5. The standard InChI is InChI=1S/C15H20N2O3/c1-10(2)7-13-14(18)17(15(19)16-13)9-11-5-4-6-12(8-11)20-3/h4-6,8,10,13H,7,9H2,1-3H3,(H,16,19). The number of hydrogen-bond acceptors (Lipinski definition) is 3. The second-order valence-electron chi connectivity index (χ2n) is 5.41. The Kier molecular flexibility index (Phi) is 4.27. The van der Waals surface area contributed by atoms with Crippen molar-refractivity contribution in [3.05, 3.63) is 29.8 Å². The van der Waals surface area contributed by atoms with Gasteiger partial charge in [0.15, 0.2) is 0 Å². The molecule has 1 N–H and O–H groups in total. The van der Waals surface area contributed by atoms with Crippen molar-refractivity contribution in [1.82, 2.24) is 10.2 Å². The van der Waals surface area contributed by atoms with E-state index >= 15 is 0 Å². The fourth-order valence-corrected chi connectivity index (χ4v) is 2.31. The van der Waals surface area contributed by atoms with Gasteiger partial charge in [-0.15, -0.1) is 0 Å². The van der Waals surface area contributed by atoms with E-state index in [1.165, 1.54) is 4.90 Å². The van der Waals surface area contributed by atoms with Gasteiger partial charge in [-0.25, -0.2) is 4.79 Å². The molecular weight excluding hydrogens is 256 g/mol. The maximum atomic E-state index is 12.2. The molecular formula is C15H20N2O3. The lowest BCUT2D eigenvalue weighted by Gasteiger charge is -2.14. The van der Waals surface area contributed by atoms with Crippen LogP contribution in [-0.4, -0.2) is 30.0 Å². The number of methoxy groups -OCH3 is 1. The number of ether oxygens (including phenoxy) is 1. The third-order valence-electron chi connectivity index (χ3n) is 3.29. The maximum absolute atomic E-state index is 12.2. The van der Waals surface area contributed by atoms with E-state index in [1.807, 2.05) is 38.1 Å². The summed E-state index contributed by atoms with van der Waals surface area (Å²) >= 11 is 0. The average Bonchev–Trinajstić information content (AvgIpc) is 2.66. The van der Waals surface area contributed by atoms with Gasteiger partial charge < -0.3 is 10.1 Å². The fraction of sp³-hybridized carbons (Fsp3) is 0.467. The lowest BCUT2D eigenvalue weighted by atomic mass is 10.0. The molecule has 0 spiro atoms. The van der Waals surface area contributed by atoms with E-state index in [1.54, 1.807) is 7.11 Å². The molecule has 0 aromatic heterocycles. The smallest absolute Gasteiger partial charge is 0.325 e. The minimum absolute atomic E-state index is 0.147. The number of nitrogens with zero attached hydrogens (tertiary/aromatic N) is 1. The molecule has 5 heteroatoms. The fourth-order valence-electron chi connectivity index (χ4n) is 2.31. The number of urea groups is 1. The summed E-state index contributed by atoms with van der Waals surface area (Å²) in [5.41, 5.74) is 0.873. The first-order valence-electron chi connectivity index (χ1n) is 6.76. The molecule has 1 unspecified atom stereocenters. The summed E-state index contributed by atoms with van der Waals surface area (Å²) in [6.07, 6.45) is 0.666. The van der Waals surface area contributed by atoms with Crippen molar-refractivity contribution in [1.29, 1.82) is 0 Å². The van der Waals surface area contributed by atoms with E-state index in [0.717, 1.165) is 5.56 Å². The van der Waals surface area contributed by atoms with Crippen LogP contribution in [0.3, 0.4) is 0 Å². The van der Waals surface area contributed by atoms with Gasteiger partial charge in [-0.05, 0) is 30.0 Å². The third-order valence-corrected chi connectivity index (χ3v) is 3.29. The summed E-state index contributed by atoms with van der Waals surface area (Å²) in [4.78, 5) is 25.4. The van der Waals surface area contributed by atoms with Crippen molar-refractivity contribution in [2.45, 2.75) is 32.9 Å². The Hall–Kier alpha value is -2.04. The lowest BCUT2D eigenvalue weighted by molar-refractivity contribution is -0.128. The molecule has 1 heterocycles. The van der Waals surface area contributed by atoms with Crippen LogP contribution in [0.1, 0.15) is 25.8 Å². The molecule has 1 saturated heterocycles. The Labute approximate surface area is 118 Å². The highest BCUT2D eigenvalue weighted by molar-refractivity contribution is 6.04. The van der Waals surface area contributed by atoms with Crippen LogP contribution in [0, 0.1) is 5.92 Å². The Balaban J connectivity index is 2.08. The molecule has 0 aliphatic carbocycles. The summed E-state index contributed by atoms with van der Waals surface area (Å²) in [7, 11) is 1.59. The molecule has 1 aromatic carbocycles. The van der Waals surface area contributed by atoms with Crippen molar-refractivity contribution in [2.75, 3.05) is 7.11 Å². The van der Waals surface area contributed by atoms with Crippen LogP contribution in [-0.2, 0) is 11.3 Å². The molecule has 2 rings (SSSR count). The number of nitrogens with one attached hydrogen (secondary N) is 1. The molecule has 1 aliphatic rings. The molecule has 1 aromatic rings. The van der Waals surface area contributed by atoms with Crippen molar-refractivity contribution >= 4 is 11.9 Å². The predicted molar refractivity (Wildman–Crippen MR) is 75.3 cm³/mol. The number of imide groups is 1. The number of carbonyl (C=O) groups is 2. The van der Waals surface area contributed by atoms with E-state index in [-0.39, 0.29) is 18.5 Å². The van der Waals surface area contributed by atoms with Gasteiger partial charge in [-0.2, -0.15) is 0 Å². The van der Waals surface area contributed by atoms with Crippen molar-refractivity contribution in [3.8, 4) is 5.75 Å². The minimum atomic E-state index is -0.395. The second-order valence-corrected chi connectivity index (χ2v) is 5.41.